The maximum absolute atomic E-state index is 13.2. The van der Waals surface area contributed by atoms with E-state index in [0.29, 0.717) is 48.7 Å². The minimum atomic E-state index is -0.0514. The van der Waals surface area contributed by atoms with E-state index in [1.165, 1.54) is 12.8 Å². The summed E-state index contributed by atoms with van der Waals surface area (Å²) >= 11 is 0. The van der Waals surface area contributed by atoms with Gasteiger partial charge in [0, 0.05) is 31.0 Å². The van der Waals surface area contributed by atoms with Crippen molar-refractivity contribution in [3.63, 3.8) is 0 Å². The molecule has 1 amide bonds. The van der Waals surface area contributed by atoms with Gasteiger partial charge in [-0.2, -0.15) is 0 Å². The van der Waals surface area contributed by atoms with E-state index in [2.05, 4.69) is 36.8 Å². The summed E-state index contributed by atoms with van der Waals surface area (Å²) in [7, 11) is 0. The molecule has 0 bridgehead atoms. The van der Waals surface area contributed by atoms with Gasteiger partial charge in [0.1, 0.15) is 0 Å². The quantitative estimate of drug-likeness (QED) is 0.864. The van der Waals surface area contributed by atoms with Crippen LogP contribution in [0.15, 0.2) is 10.9 Å². The third-order valence-electron chi connectivity index (χ3n) is 7.09. The molecule has 0 radical (unpaired) electrons. The topological polar surface area (TPSA) is 73.7 Å². The highest BCUT2D eigenvalue weighted by molar-refractivity contribution is 5.81. The standard InChI is InChI=1S/C22H31N5O2/c1-13(2)26-8-5-4-6-19(26)18-11-20-23-17-7-9-25(21(28)15-10-14(15)3)12-16(17)22(29)27(20)24-18/h11,13-15,19,24H,4-10,12H2,1-3H3/t14-,15-,19+/m1/s1. The lowest BCUT2D eigenvalue weighted by Gasteiger charge is -2.37. The van der Waals surface area contributed by atoms with Crippen LogP contribution in [0, 0.1) is 11.8 Å². The van der Waals surface area contributed by atoms with Gasteiger partial charge in [0.2, 0.25) is 5.91 Å². The van der Waals surface area contributed by atoms with Gasteiger partial charge in [-0.3, -0.25) is 19.6 Å². The van der Waals surface area contributed by atoms with Crippen molar-refractivity contribution in [2.45, 2.75) is 71.5 Å². The molecule has 3 aliphatic rings. The number of piperidine rings is 1. The monoisotopic (exact) mass is 397 g/mol. The summed E-state index contributed by atoms with van der Waals surface area (Å²) in [5.41, 5.74) is 3.26. The van der Waals surface area contributed by atoms with E-state index in [9.17, 15) is 9.59 Å². The van der Waals surface area contributed by atoms with Crippen molar-refractivity contribution in [2.24, 2.45) is 11.8 Å². The van der Waals surface area contributed by atoms with Gasteiger partial charge in [-0.15, -0.1) is 0 Å². The van der Waals surface area contributed by atoms with Crippen LogP contribution < -0.4 is 5.56 Å². The first-order valence-corrected chi connectivity index (χ1v) is 11.1. The third-order valence-corrected chi connectivity index (χ3v) is 7.09. The van der Waals surface area contributed by atoms with Crippen molar-refractivity contribution in [3.05, 3.63) is 33.4 Å². The van der Waals surface area contributed by atoms with E-state index < -0.39 is 0 Å². The summed E-state index contributed by atoms with van der Waals surface area (Å²) in [6.07, 6.45) is 5.17. The fraction of sp³-hybridized carbons (Fsp3) is 0.682. The Hall–Kier alpha value is -2.15. The van der Waals surface area contributed by atoms with Gasteiger partial charge in [0.05, 0.1) is 29.5 Å². The molecular weight excluding hydrogens is 366 g/mol. The maximum atomic E-state index is 13.2. The second-order valence-electron chi connectivity index (χ2n) is 9.42. The zero-order chi connectivity index (χ0) is 20.3. The zero-order valence-corrected chi connectivity index (χ0v) is 17.6. The summed E-state index contributed by atoms with van der Waals surface area (Å²) in [6, 6.07) is 2.82. The summed E-state index contributed by atoms with van der Waals surface area (Å²) in [5.74, 6) is 0.840. The Morgan fingerprint density at radius 3 is 2.79 bits per heavy atom. The van der Waals surface area contributed by atoms with Crippen LogP contribution in [0.4, 0.5) is 0 Å². The van der Waals surface area contributed by atoms with Crippen LogP contribution in [-0.2, 0) is 17.8 Å². The van der Waals surface area contributed by atoms with Gasteiger partial charge >= 0.3 is 0 Å². The van der Waals surface area contributed by atoms with Crippen molar-refractivity contribution >= 4 is 11.6 Å². The number of H-pyrrole nitrogens is 1. The average molecular weight is 398 g/mol. The molecule has 1 aliphatic carbocycles. The Morgan fingerprint density at radius 1 is 1.28 bits per heavy atom. The van der Waals surface area contributed by atoms with Gasteiger partial charge in [0.15, 0.2) is 5.65 Å². The molecule has 7 nitrogen and oxygen atoms in total. The highest BCUT2D eigenvalue weighted by atomic mass is 16.2. The first-order valence-electron chi connectivity index (χ1n) is 11.1. The Kier molecular flexibility index (Phi) is 4.53. The van der Waals surface area contributed by atoms with E-state index in [0.717, 1.165) is 30.8 Å². The fourth-order valence-corrected chi connectivity index (χ4v) is 5.17. The lowest BCUT2D eigenvalue weighted by molar-refractivity contribution is -0.133. The number of aromatic nitrogens is 3. The smallest absolute Gasteiger partial charge is 0.277 e. The average Bonchev–Trinajstić information content (AvgIpc) is 3.29. The van der Waals surface area contributed by atoms with Gasteiger partial charge in [-0.25, -0.2) is 9.50 Å². The maximum Gasteiger partial charge on any atom is 0.277 e. The molecule has 1 saturated heterocycles. The molecule has 156 valence electrons. The van der Waals surface area contributed by atoms with Crippen molar-refractivity contribution in [1.29, 1.82) is 0 Å². The van der Waals surface area contributed by atoms with Crippen LogP contribution in [0.2, 0.25) is 0 Å². The van der Waals surface area contributed by atoms with E-state index in [1.807, 2.05) is 4.90 Å². The number of rotatable bonds is 3. The molecule has 0 unspecified atom stereocenters. The fourth-order valence-electron chi connectivity index (χ4n) is 5.17. The highest BCUT2D eigenvalue weighted by Gasteiger charge is 2.42. The molecule has 2 aromatic rings. The number of hydrogen-bond acceptors (Lipinski definition) is 4. The largest absolute Gasteiger partial charge is 0.337 e. The minimum absolute atomic E-state index is 0.0514. The first-order chi connectivity index (χ1) is 13.9. The lowest BCUT2D eigenvalue weighted by atomic mass is 9.98. The Bertz CT molecular complexity index is 1010. The van der Waals surface area contributed by atoms with Crippen molar-refractivity contribution < 1.29 is 4.79 Å². The predicted octanol–water partition coefficient (Wildman–Crippen LogP) is 2.50. The van der Waals surface area contributed by atoms with Gasteiger partial charge in [0.25, 0.3) is 5.56 Å². The number of amides is 1. The van der Waals surface area contributed by atoms with Crippen LogP contribution >= 0.6 is 0 Å². The predicted molar refractivity (Wildman–Crippen MR) is 111 cm³/mol. The molecule has 2 aliphatic heterocycles. The third kappa shape index (κ3) is 3.19. The lowest BCUT2D eigenvalue weighted by Crippen LogP contribution is -2.41. The summed E-state index contributed by atoms with van der Waals surface area (Å²) in [6.45, 7) is 8.73. The van der Waals surface area contributed by atoms with Crippen molar-refractivity contribution in [1.82, 2.24) is 24.4 Å². The summed E-state index contributed by atoms with van der Waals surface area (Å²) in [5, 5.41) is 3.35. The molecule has 1 saturated carbocycles. The molecule has 29 heavy (non-hydrogen) atoms. The SMILES string of the molecule is CC(C)N1CCCC[C@H]1c1cc2nc3c(c(=O)n2[nH]1)CN(C(=O)[C@@H]1C[C@H]1C)CC3. The second-order valence-corrected chi connectivity index (χ2v) is 9.42. The number of nitrogens with one attached hydrogen (secondary N) is 1. The van der Waals surface area contributed by atoms with Gasteiger partial charge < -0.3 is 4.90 Å². The zero-order valence-electron chi connectivity index (χ0n) is 17.6. The Labute approximate surface area is 171 Å². The molecule has 2 aromatic heterocycles. The normalized spacial score (nSPS) is 27.4. The first kappa shape index (κ1) is 18.9. The number of fused-ring (bicyclic) bond motifs is 2. The number of carbonyl (C=O) groups excluding carboxylic acids is 1. The van der Waals surface area contributed by atoms with Crippen LogP contribution in [-0.4, -0.2) is 49.4 Å². The molecule has 0 aromatic carbocycles. The molecule has 7 heteroatoms. The van der Waals surface area contributed by atoms with E-state index in [1.54, 1.807) is 4.52 Å². The molecule has 4 heterocycles. The van der Waals surface area contributed by atoms with E-state index in [-0.39, 0.29) is 17.4 Å². The van der Waals surface area contributed by atoms with Crippen molar-refractivity contribution in [3.8, 4) is 0 Å². The molecule has 5 rings (SSSR count). The van der Waals surface area contributed by atoms with Crippen LogP contribution in [0.25, 0.3) is 5.65 Å². The highest BCUT2D eigenvalue weighted by Crippen LogP contribution is 2.40. The molecular formula is C22H31N5O2. The number of nitrogens with zero attached hydrogens (tertiary/aromatic N) is 4. The van der Waals surface area contributed by atoms with E-state index in [4.69, 9.17) is 4.98 Å². The van der Waals surface area contributed by atoms with Gasteiger partial charge in [-0.05, 0) is 45.6 Å². The Balaban J connectivity index is 1.48. The number of likely N-dealkylation sites (tertiary alicyclic amines) is 1. The molecule has 0 spiro atoms. The number of carbonyl (C=O) groups is 1. The van der Waals surface area contributed by atoms with Crippen molar-refractivity contribution in [2.75, 3.05) is 13.1 Å². The summed E-state index contributed by atoms with van der Waals surface area (Å²) in [4.78, 5) is 35.1. The summed E-state index contributed by atoms with van der Waals surface area (Å²) < 4.78 is 1.59. The molecule has 3 atom stereocenters. The van der Waals surface area contributed by atoms with E-state index >= 15 is 0 Å². The molecule has 1 N–H and O–H groups in total. The minimum Gasteiger partial charge on any atom is -0.337 e. The second kappa shape index (κ2) is 6.97. The Morgan fingerprint density at radius 2 is 2.07 bits per heavy atom. The van der Waals surface area contributed by atoms with Gasteiger partial charge in [-0.1, -0.05) is 13.3 Å². The van der Waals surface area contributed by atoms with Crippen LogP contribution in [0.1, 0.15) is 69.4 Å². The van der Waals surface area contributed by atoms with Crippen LogP contribution in [0.5, 0.6) is 0 Å². The molecule has 2 fully saturated rings. The van der Waals surface area contributed by atoms with Crippen LogP contribution in [0.3, 0.4) is 0 Å². The number of aromatic amines is 1. The number of hydrogen-bond donors (Lipinski definition) is 1.